The minimum absolute atomic E-state index is 0.538. The average molecular weight is 215 g/mol. The van der Waals surface area contributed by atoms with E-state index in [1.165, 1.54) is 19.3 Å². The zero-order chi connectivity index (χ0) is 11.5. The molecule has 1 saturated carbocycles. The molecule has 0 aromatic heterocycles. The van der Waals surface area contributed by atoms with E-state index in [9.17, 15) is 5.26 Å². The van der Waals surface area contributed by atoms with Gasteiger partial charge in [-0.15, -0.1) is 0 Å². The van der Waals surface area contributed by atoms with Crippen molar-refractivity contribution in [3.8, 4) is 11.8 Å². The van der Waals surface area contributed by atoms with Crippen LogP contribution in [0.15, 0.2) is 12.1 Å². The van der Waals surface area contributed by atoms with E-state index < -0.39 is 0 Å². The number of hydrogen-bond acceptors (Lipinski definition) is 2. The molecule has 1 aliphatic carbocycles. The van der Waals surface area contributed by atoms with Crippen LogP contribution in [-0.2, 0) is 0 Å². The second kappa shape index (κ2) is 4.57. The first-order valence-corrected chi connectivity index (χ1v) is 5.94. The molecular weight excluding hydrogens is 198 g/mol. The summed E-state index contributed by atoms with van der Waals surface area (Å²) in [5.41, 5.74) is 3.04. The summed E-state index contributed by atoms with van der Waals surface area (Å²) in [7, 11) is 0. The van der Waals surface area contributed by atoms with Crippen molar-refractivity contribution in [1.29, 1.82) is 5.26 Å². The predicted octanol–water partition coefficient (Wildman–Crippen LogP) is 3.53. The summed E-state index contributed by atoms with van der Waals surface area (Å²) in [6.07, 6.45) is 3.66. The van der Waals surface area contributed by atoms with Crippen molar-refractivity contribution in [3.05, 3.63) is 28.8 Å². The van der Waals surface area contributed by atoms with Crippen LogP contribution in [0, 0.1) is 18.3 Å². The third-order valence-electron chi connectivity index (χ3n) is 3.34. The number of aryl methyl sites for hydroxylation is 1. The molecule has 2 nitrogen and oxygen atoms in total. The van der Waals surface area contributed by atoms with E-state index in [2.05, 4.69) is 6.07 Å². The lowest BCUT2D eigenvalue weighted by molar-refractivity contribution is 0.322. The molecule has 2 heteroatoms. The topological polar surface area (TPSA) is 33.0 Å². The van der Waals surface area contributed by atoms with Crippen LogP contribution >= 0.6 is 0 Å². The second-order valence-corrected chi connectivity index (χ2v) is 4.34. The average Bonchev–Trinajstić information content (AvgIpc) is 2.20. The van der Waals surface area contributed by atoms with Crippen molar-refractivity contribution in [2.24, 2.45) is 0 Å². The third kappa shape index (κ3) is 1.78. The van der Waals surface area contributed by atoms with E-state index in [1.807, 2.05) is 26.0 Å². The molecule has 0 saturated heterocycles. The highest BCUT2D eigenvalue weighted by Gasteiger charge is 2.26. The Morgan fingerprint density at radius 2 is 2.19 bits per heavy atom. The minimum atomic E-state index is 0.538. The van der Waals surface area contributed by atoms with Crippen LogP contribution in [0.1, 0.15) is 48.8 Å². The first-order chi connectivity index (χ1) is 7.77. The summed E-state index contributed by atoms with van der Waals surface area (Å²) in [5.74, 6) is 1.45. The molecule has 0 amide bonds. The molecule has 0 spiro atoms. The number of benzene rings is 1. The Balaban J connectivity index is 2.49. The normalized spacial score (nSPS) is 15.3. The number of nitrogens with zero attached hydrogens (tertiary/aromatic N) is 1. The number of hydrogen-bond donors (Lipinski definition) is 0. The van der Waals surface area contributed by atoms with Crippen LogP contribution in [-0.4, -0.2) is 6.61 Å². The smallest absolute Gasteiger partial charge is 0.124 e. The fourth-order valence-corrected chi connectivity index (χ4v) is 2.24. The second-order valence-electron chi connectivity index (χ2n) is 4.34. The van der Waals surface area contributed by atoms with Crippen molar-refractivity contribution in [1.82, 2.24) is 0 Å². The molecule has 0 bridgehead atoms. The van der Waals surface area contributed by atoms with E-state index >= 15 is 0 Å². The zero-order valence-electron chi connectivity index (χ0n) is 9.92. The van der Waals surface area contributed by atoms with Crippen LogP contribution in [0.5, 0.6) is 5.75 Å². The Bertz CT molecular complexity index is 427. The Morgan fingerprint density at radius 1 is 1.44 bits per heavy atom. The molecule has 2 rings (SSSR count). The third-order valence-corrected chi connectivity index (χ3v) is 3.34. The molecule has 1 aromatic carbocycles. The lowest BCUT2D eigenvalue weighted by atomic mass is 9.77. The number of ether oxygens (including phenoxy) is 1. The minimum Gasteiger partial charge on any atom is -0.494 e. The number of nitriles is 1. The van der Waals surface area contributed by atoms with Gasteiger partial charge < -0.3 is 4.74 Å². The van der Waals surface area contributed by atoms with Crippen LogP contribution in [0.2, 0.25) is 0 Å². The largest absolute Gasteiger partial charge is 0.494 e. The lowest BCUT2D eigenvalue weighted by Gasteiger charge is -2.29. The van der Waals surface area contributed by atoms with Gasteiger partial charge in [0.2, 0.25) is 0 Å². The lowest BCUT2D eigenvalue weighted by Crippen LogP contribution is -2.13. The summed E-state index contributed by atoms with van der Waals surface area (Å²) in [5, 5.41) is 9.25. The Kier molecular flexibility index (Phi) is 3.14. The van der Waals surface area contributed by atoms with Gasteiger partial charge in [0.05, 0.1) is 18.2 Å². The summed E-state index contributed by atoms with van der Waals surface area (Å²) in [6, 6.07) is 6.32. The maximum atomic E-state index is 9.25. The Hall–Kier alpha value is -1.49. The molecule has 0 heterocycles. The van der Waals surface area contributed by atoms with Crippen molar-refractivity contribution >= 4 is 0 Å². The summed E-state index contributed by atoms with van der Waals surface area (Å²) in [6.45, 7) is 4.64. The SMILES string of the molecule is CCOc1ccc(C)c(C#N)c1C1CCC1. The van der Waals surface area contributed by atoms with Crippen LogP contribution in [0.3, 0.4) is 0 Å². The van der Waals surface area contributed by atoms with Gasteiger partial charge in [-0.3, -0.25) is 0 Å². The molecule has 0 aliphatic heterocycles. The van der Waals surface area contributed by atoms with Crippen molar-refractivity contribution in [3.63, 3.8) is 0 Å². The number of rotatable bonds is 3. The van der Waals surface area contributed by atoms with Gasteiger partial charge in [-0.2, -0.15) is 5.26 Å². The fraction of sp³-hybridized carbons (Fsp3) is 0.500. The molecule has 1 aliphatic rings. The van der Waals surface area contributed by atoms with Crippen LogP contribution < -0.4 is 4.74 Å². The fourth-order valence-electron chi connectivity index (χ4n) is 2.24. The van der Waals surface area contributed by atoms with Crippen LogP contribution in [0.25, 0.3) is 0 Å². The molecule has 0 radical (unpaired) electrons. The molecule has 1 aromatic rings. The molecule has 84 valence electrons. The first-order valence-electron chi connectivity index (χ1n) is 5.94. The quantitative estimate of drug-likeness (QED) is 0.772. The Labute approximate surface area is 96.9 Å². The van der Waals surface area contributed by atoms with Gasteiger partial charge in [0.15, 0.2) is 0 Å². The van der Waals surface area contributed by atoms with E-state index in [-0.39, 0.29) is 0 Å². The van der Waals surface area contributed by atoms with Crippen molar-refractivity contribution in [2.45, 2.75) is 39.0 Å². The van der Waals surface area contributed by atoms with Gasteiger partial charge >= 0.3 is 0 Å². The molecule has 0 N–H and O–H groups in total. The van der Waals surface area contributed by atoms with Gasteiger partial charge in [0, 0.05) is 5.56 Å². The summed E-state index contributed by atoms with van der Waals surface area (Å²) < 4.78 is 5.64. The van der Waals surface area contributed by atoms with Gasteiger partial charge in [-0.1, -0.05) is 12.5 Å². The van der Waals surface area contributed by atoms with E-state index in [4.69, 9.17) is 4.74 Å². The highest BCUT2D eigenvalue weighted by molar-refractivity contribution is 5.53. The first kappa shape index (κ1) is 11.0. The van der Waals surface area contributed by atoms with Crippen molar-refractivity contribution in [2.75, 3.05) is 6.61 Å². The van der Waals surface area contributed by atoms with Crippen molar-refractivity contribution < 1.29 is 4.74 Å². The molecular formula is C14H17NO. The summed E-state index contributed by atoms with van der Waals surface area (Å²) >= 11 is 0. The summed E-state index contributed by atoms with van der Waals surface area (Å²) in [4.78, 5) is 0. The van der Waals surface area contributed by atoms with E-state index in [1.54, 1.807) is 0 Å². The van der Waals surface area contributed by atoms with Gasteiger partial charge in [0.25, 0.3) is 0 Å². The molecule has 16 heavy (non-hydrogen) atoms. The van der Waals surface area contributed by atoms with E-state index in [0.29, 0.717) is 12.5 Å². The molecule has 0 atom stereocenters. The standard InChI is InChI=1S/C14H17NO/c1-3-16-13-8-7-10(2)12(9-15)14(13)11-5-4-6-11/h7-8,11H,3-6H2,1-2H3. The maximum Gasteiger partial charge on any atom is 0.124 e. The molecule has 0 unspecified atom stereocenters. The highest BCUT2D eigenvalue weighted by Crippen LogP contribution is 2.43. The zero-order valence-corrected chi connectivity index (χ0v) is 9.92. The molecule has 1 fully saturated rings. The highest BCUT2D eigenvalue weighted by atomic mass is 16.5. The maximum absolute atomic E-state index is 9.25. The van der Waals surface area contributed by atoms with Gasteiger partial charge in [0.1, 0.15) is 5.75 Å². The predicted molar refractivity (Wildman–Crippen MR) is 63.7 cm³/mol. The van der Waals surface area contributed by atoms with Crippen LogP contribution in [0.4, 0.5) is 0 Å². The van der Waals surface area contributed by atoms with Gasteiger partial charge in [-0.05, 0) is 44.2 Å². The Morgan fingerprint density at radius 3 is 2.69 bits per heavy atom. The van der Waals surface area contributed by atoms with E-state index in [0.717, 1.165) is 22.4 Å². The van der Waals surface area contributed by atoms with Gasteiger partial charge in [-0.25, -0.2) is 0 Å². The monoisotopic (exact) mass is 215 g/mol.